The van der Waals surface area contributed by atoms with Gasteiger partial charge in [0.25, 0.3) is 0 Å². The monoisotopic (exact) mass is 217 g/mol. The van der Waals surface area contributed by atoms with E-state index in [2.05, 4.69) is 9.64 Å². The Kier molecular flexibility index (Phi) is 4.09. The number of methoxy groups -OCH3 is 1. The molecule has 1 saturated heterocycles. The summed E-state index contributed by atoms with van der Waals surface area (Å²) in [6.07, 6.45) is -0.264. The second kappa shape index (κ2) is 5.11. The summed E-state index contributed by atoms with van der Waals surface area (Å²) in [4.78, 5) is 15.4. The number of nitrogens with zero attached hydrogens (tertiary/aromatic N) is 2. The van der Waals surface area contributed by atoms with Gasteiger partial charge in [-0.15, -0.1) is 0 Å². The van der Waals surface area contributed by atoms with Crippen molar-refractivity contribution < 1.29 is 9.53 Å². The lowest BCUT2D eigenvalue weighted by molar-refractivity contribution is 0.0957. The van der Waals surface area contributed by atoms with Gasteiger partial charge in [0.15, 0.2) is 0 Å². The molecule has 1 amide bonds. The fourth-order valence-corrected chi connectivity index (χ4v) is 1.62. The van der Waals surface area contributed by atoms with E-state index in [1.54, 1.807) is 4.90 Å². The number of carbonyl (C=O) groups excluding carboxylic acids is 1. The van der Waals surface area contributed by atoms with Crippen LogP contribution in [0, 0.1) is 0 Å². The maximum absolute atomic E-state index is 11.1. The number of thiocarbonyl (C=S) groups is 1. The van der Waals surface area contributed by atoms with Gasteiger partial charge < -0.3 is 15.4 Å². The molecule has 0 bridgehead atoms. The summed E-state index contributed by atoms with van der Waals surface area (Å²) >= 11 is 4.81. The summed E-state index contributed by atoms with van der Waals surface area (Å²) in [5, 5.41) is 0. The third-order valence-electron chi connectivity index (χ3n) is 2.18. The molecule has 0 atom stereocenters. The first-order valence-electron chi connectivity index (χ1n) is 4.47. The fraction of sp³-hybridized carbons (Fsp3) is 0.750. The van der Waals surface area contributed by atoms with Crippen LogP contribution in [0.15, 0.2) is 0 Å². The molecule has 0 aromatic carbocycles. The van der Waals surface area contributed by atoms with Crippen molar-refractivity contribution in [2.75, 3.05) is 39.8 Å². The zero-order valence-corrected chi connectivity index (χ0v) is 9.05. The zero-order chi connectivity index (χ0) is 10.6. The highest BCUT2D eigenvalue weighted by atomic mass is 32.1. The molecule has 1 aliphatic heterocycles. The van der Waals surface area contributed by atoms with Gasteiger partial charge in [0.05, 0.1) is 12.1 Å². The summed E-state index contributed by atoms with van der Waals surface area (Å²) in [5.74, 6) is 0. The van der Waals surface area contributed by atoms with Crippen molar-refractivity contribution in [1.82, 2.24) is 9.80 Å². The minimum Gasteiger partial charge on any atom is -0.453 e. The number of ether oxygens (including phenoxy) is 1. The molecule has 1 fully saturated rings. The van der Waals surface area contributed by atoms with Crippen molar-refractivity contribution >= 4 is 23.3 Å². The Hall–Kier alpha value is -0.880. The van der Waals surface area contributed by atoms with E-state index >= 15 is 0 Å². The Morgan fingerprint density at radius 1 is 1.43 bits per heavy atom. The van der Waals surface area contributed by atoms with Gasteiger partial charge >= 0.3 is 6.09 Å². The van der Waals surface area contributed by atoms with Crippen molar-refractivity contribution in [3.05, 3.63) is 0 Å². The molecule has 0 aromatic heterocycles. The Labute approximate surface area is 88.8 Å². The first kappa shape index (κ1) is 11.2. The minimum atomic E-state index is -0.264. The van der Waals surface area contributed by atoms with E-state index < -0.39 is 0 Å². The summed E-state index contributed by atoms with van der Waals surface area (Å²) in [7, 11) is 1.39. The highest BCUT2D eigenvalue weighted by Crippen LogP contribution is 2.02. The number of hydrogen-bond donors (Lipinski definition) is 1. The highest BCUT2D eigenvalue weighted by Gasteiger charge is 2.21. The molecule has 1 heterocycles. The summed E-state index contributed by atoms with van der Waals surface area (Å²) in [6.45, 7) is 3.58. The van der Waals surface area contributed by atoms with Crippen LogP contribution in [0.25, 0.3) is 0 Å². The van der Waals surface area contributed by atoms with E-state index in [4.69, 9.17) is 18.0 Å². The number of amides is 1. The molecule has 1 aliphatic rings. The first-order chi connectivity index (χ1) is 6.63. The third kappa shape index (κ3) is 3.12. The summed E-state index contributed by atoms with van der Waals surface area (Å²) < 4.78 is 4.62. The minimum absolute atomic E-state index is 0.264. The normalized spacial score (nSPS) is 17.9. The lowest BCUT2D eigenvalue weighted by Crippen LogP contribution is -2.50. The van der Waals surface area contributed by atoms with Gasteiger partial charge in [-0.1, -0.05) is 12.2 Å². The summed E-state index contributed by atoms with van der Waals surface area (Å²) in [5.41, 5.74) is 5.43. The van der Waals surface area contributed by atoms with Crippen LogP contribution in [0.5, 0.6) is 0 Å². The van der Waals surface area contributed by atoms with E-state index in [-0.39, 0.29) is 6.09 Å². The molecule has 6 heteroatoms. The molecular weight excluding hydrogens is 202 g/mol. The van der Waals surface area contributed by atoms with Crippen LogP contribution in [0.3, 0.4) is 0 Å². The zero-order valence-electron chi connectivity index (χ0n) is 8.23. The fourth-order valence-electron chi connectivity index (χ4n) is 1.44. The van der Waals surface area contributed by atoms with Gasteiger partial charge in [0.2, 0.25) is 0 Å². The molecule has 5 nitrogen and oxygen atoms in total. The molecular formula is C8H15N3O2S. The Morgan fingerprint density at radius 2 is 2.00 bits per heavy atom. The molecule has 0 saturated carbocycles. The Bertz CT molecular complexity index is 227. The third-order valence-corrected chi connectivity index (χ3v) is 2.31. The van der Waals surface area contributed by atoms with Crippen LogP contribution in [-0.2, 0) is 4.74 Å². The molecule has 80 valence electrons. The van der Waals surface area contributed by atoms with E-state index in [9.17, 15) is 4.79 Å². The van der Waals surface area contributed by atoms with Gasteiger partial charge in [-0.05, 0) is 0 Å². The standard InChI is InChI=1S/C8H15N3O2S/c1-13-8(12)11-4-2-10(3-5-11)6-7(9)14/h2-6H2,1H3,(H2,9,14). The second-order valence-corrected chi connectivity index (χ2v) is 3.72. The van der Waals surface area contributed by atoms with Gasteiger partial charge in [0.1, 0.15) is 0 Å². The number of piperazine rings is 1. The van der Waals surface area contributed by atoms with Gasteiger partial charge in [-0.3, -0.25) is 4.90 Å². The van der Waals surface area contributed by atoms with Crippen molar-refractivity contribution in [3.63, 3.8) is 0 Å². The van der Waals surface area contributed by atoms with E-state index in [1.807, 2.05) is 0 Å². The van der Waals surface area contributed by atoms with Gasteiger partial charge in [0, 0.05) is 32.7 Å². The Balaban J connectivity index is 2.31. The van der Waals surface area contributed by atoms with Crippen molar-refractivity contribution in [3.8, 4) is 0 Å². The van der Waals surface area contributed by atoms with Crippen LogP contribution >= 0.6 is 12.2 Å². The van der Waals surface area contributed by atoms with Crippen LogP contribution < -0.4 is 5.73 Å². The molecule has 0 spiro atoms. The quantitative estimate of drug-likeness (QED) is 0.641. The van der Waals surface area contributed by atoms with Crippen LogP contribution in [0.2, 0.25) is 0 Å². The number of rotatable bonds is 2. The number of nitrogens with two attached hydrogens (primary N) is 1. The molecule has 0 aromatic rings. The maximum Gasteiger partial charge on any atom is 0.409 e. The largest absolute Gasteiger partial charge is 0.453 e. The smallest absolute Gasteiger partial charge is 0.409 e. The lowest BCUT2D eigenvalue weighted by atomic mass is 10.3. The average Bonchev–Trinajstić information content (AvgIpc) is 2.17. The van der Waals surface area contributed by atoms with E-state index in [1.165, 1.54) is 7.11 Å². The molecule has 14 heavy (non-hydrogen) atoms. The molecule has 0 unspecified atom stereocenters. The van der Waals surface area contributed by atoms with E-state index in [0.717, 1.165) is 13.1 Å². The van der Waals surface area contributed by atoms with Crippen LogP contribution in [-0.4, -0.2) is 60.7 Å². The molecule has 0 aliphatic carbocycles. The molecule has 0 radical (unpaired) electrons. The first-order valence-corrected chi connectivity index (χ1v) is 4.88. The maximum atomic E-state index is 11.1. The average molecular weight is 217 g/mol. The Morgan fingerprint density at radius 3 is 2.43 bits per heavy atom. The van der Waals surface area contributed by atoms with Crippen LogP contribution in [0.4, 0.5) is 4.79 Å². The molecule has 2 N–H and O–H groups in total. The second-order valence-electron chi connectivity index (χ2n) is 3.20. The van der Waals surface area contributed by atoms with Crippen molar-refractivity contribution in [2.24, 2.45) is 5.73 Å². The summed E-state index contributed by atoms with van der Waals surface area (Å²) in [6, 6.07) is 0. The topological polar surface area (TPSA) is 58.8 Å². The predicted octanol–water partition coefficient (Wildman–Crippen LogP) is -0.343. The predicted molar refractivity (Wildman–Crippen MR) is 57.2 cm³/mol. The number of carbonyl (C=O) groups is 1. The van der Waals surface area contributed by atoms with Gasteiger partial charge in [-0.25, -0.2) is 4.79 Å². The van der Waals surface area contributed by atoms with Crippen LogP contribution in [0.1, 0.15) is 0 Å². The molecule has 1 rings (SSSR count). The number of hydrogen-bond acceptors (Lipinski definition) is 4. The highest BCUT2D eigenvalue weighted by molar-refractivity contribution is 7.80. The SMILES string of the molecule is COC(=O)N1CCN(CC(N)=S)CC1. The van der Waals surface area contributed by atoms with Crippen molar-refractivity contribution in [2.45, 2.75) is 0 Å². The lowest BCUT2D eigenvalue weighted by Gasteiger charge is -2.33. The van der Waals surface area contributed by atoms with Crippen molar-refractivity contribution in [1.29, 1.82) is 0 Å². The van der Waals surface area contributed by atoms with Gasteiger partial charge in [-0.2, -0.15) is 0 Å². The van der Waals surface area contributed by atoms with E-state index in [0.29, 0.717) is 24.6 Å².